The first-order valence-corrected chi connectivity index (χ1v) is 5.03. The lowest BCUT2D eigenvalue weighted by molar-refractivity contribution is -0.146. The van der Waals surface area contributed by atoms with E-state index >= 15 is 0 Å². The summed E-state index contributed by atoms with van der Waals surface area (Å²) >= 11 is 0. The first kappa shape index (κ1) is 13.1. The maximum atomic E-state index is 12.6. The zero-order valence-corrected chi connectivity index (χ0v) is 8.84. The molecule has 1 saturated heterocycles. The Labute approximate surface area is 91.6 Å². The first-order valence-electron chi connectivity index (χ1n) is 5.03. The van der Waals surface area contributed by atoms with Crippen LogP contribution in [0.4, 0.5) is 13.6 Å². The van der Waals surface area contributed by atoms with Crippen molar-refractivity contribution in [3.8, 4) is 0 Å². The molecule has 7 heteroatoms. The predicted octanol–water partition coefficient (Wildman–Crippen LogP) is 0.832. The van der Waals surface area contributed by atoms with Crippen molar-refractivity contribution >= 4 is 6.09 Å². The number of likely N-dealkylation sites (tertiary alicyclic amines) is 1. The number of amides is 1. The summed E-state index contributed by atoms with van der Waals surface area (Å²) < 4.78 is 30.1. The number of aliphatic hydroxyl groups is 1. The molecule has 0 aromatic heterocycles. The summed E-state index contributed by atoms with van der Waals surface area (Å²) in [5.74, 6) is -2.03. The minimum atomic E-state index is -2.66. The van der Waals surface area contributed by atoms with E-state index in [4.69, 9.17) is 9.84 Å². The molecule has 1 aliphatic rings. The van der Waals surface area contributed by atoms with Crippen molar-refractivity contribution in [1.82, 2.24) is 4.90 Å². The quantitative estimate of drug-likeness (QED) is 0.713. The number of carboxylic acid groups (broad SMARTS) is 1. The standard InChI is InChI=1S/C9H15F2NO4/c1-2-16-8(13)6-4-12(9(14)15)3-5(6)7(10)11/h5-8,13H,2-4H2,1H3,(H,14,15). The van der Waals surface area contributed by atoms with Gasteiger partial charge in [0.15, 0.2) is 6.29 Å². The largest absolute Gasteiger partial charge is 0.465 e. The molecule has 1 fully saturated rings. The van der Waals surface area contributed by atoms with Gasteiger partial charge in [-0.15, -0.1) is 0 Å². The summed E-state index contributed by atoms with van der Waals surface area (Å²) in [6, 6.07) is 0. The molecule has 1 amide bonds. The lowest BCUT2D eigenvalue weighted by Gasteiger charge is -2.22. The first-order chi connectivity index (χ1) is 7.47. The SMILES string of the molecule is CCOC(O)C1CN(C(=O)O)CC1C(F)F. The van der Waals surface area contributed by atoms with Crippen molar-refractivity contribution in [3.63, 3.8) is 0 Å². The van der Waals surface area contributed by atoms with Crippen LogP contribution in [0.25, 0.3) is 0 Å². The lowest BCUT2D eigenvalue weighted by atomic mass is 9.96. The van der Waals surface area contributed by atoms with Crippen molar-refractivity contribution < 1.29 is 28.5 Å². The van der Waals surface area contributed by atoms with Gasteiger partial charge >= 0.3 is 6.09 Å². The van der Waals surface area contributed by atoms with Gasteiger partial charge in [0.2, 0.25) is 6.43 Å². The van der Waals surface area contributed by atoms with Gasteiger partial charge in [0, 0.05) is 31.5 Å². The number of ether oxygens (including phenoxy) is 1. The van der Waals surface area contributed by atoms with Gasteiger partial charge in [-0.25, -0.2) is 13.6 Å². The van der Waals surface area contributed by atoms with Crippen LogP contribution in [0.1, 0.15) is 6.92 Å². The molecule has 1 rings (SSSR count). The van der Waals surface area contributed by atoms with Crippen LogP contribution in [0.2, 0.25) is 0 Å². The van der Waals surface area contributed by atoms with Crippen LogP contribution in [0, 0.1) is 11.8 Å². The minimum absolute atomic E-state index is 0.120. The molecular weight excluding hydrogens is 224 g/mol. The van der Waals surface area contributed by atoms with E-state index < -0.39 is 30.6 Å². The Kier molecular flexibility index (Phi) is 4.43. The summed E-state index contributed by atoms with van der Waals surface area (Å²) in [7, 11) is 0. The predicted molar refractivity (Wildman–Crippen MR) is 50.2 cm³/mol. The second kappa shape index (κ2) is 5.40. The number of nitrogens with zero attached hydrogens (tertiary/aromatic N) is 1. The molecule has 0 saturated carbocycles. The van der Waals surface area contributed by atoms with Gasteiger partial charge in [0.1, 0.15) is 0 Å². The van der Waals surface area contributed by atoms with Crippen molar-refractivity contribution in [1.29, 1.82) is 0 Å². The molecule has 1 heterocycles. The molecule has 0 radical (unpaired) electrons. The highest BCUT2D eigenvalue weighted by Gasteiger charge is 2.44. The number of halogens is 2. The Morgan fingerprint density at radius 1 is 1.50 bits per heavy atom. The Bertz CT molecular complexity index is 252. The van der Waals surface area contributed by atoms with E-state index in [0.29, 0.717) is 0 Å². The van der Waals surface area contributed by atoms with Gasteiger partial charge < -0.3 is 19.8 Å². The van der Waals surface area contributed by atoms with Crippen LogP contribution in [0.3, 0.4) is 0 Å². The van der Waals surface area contributed by atoms with Gasteiger partial charge in [-0.05, 0) is 6.92 Å². The second-order valence-electron chi connectivity index (χ2n) is 3.70. The number of hydrogen-bond donors (Lipinski definition) is 2. The molecule has 0 bridgehead atoms. The highest BCUT2D eigenvalue weighted by Crippen LogP contribution is 2.31. The fourth-order valence-corrected chi connectivity index (χ4v) is 1.87. The van der Waals surface area contributed by atoms with Crippen LogP contribution in [0.5, 0.6) is 0 Å². The Morgan fingerprint density at radius 2 is 2.06 bits per heavy atom. The number of hydrogen-bond acceptors (Lipinski definition) is 3. The maximum Gasteiger partial charge on any atom is 0.407 e. The van der Waals surface area contributed by atoms with Gasteiger partial charge in [-0.2, -0.15) is 0 Å². The van der Waals surface area contributed by atoms with Crippen LogP contribution in [-0.4, -0.2) is 53.6 Å². The normalized spacial score (nSPS) is 27.4. The van der Waals surface area contributed by atoms with E-state index in [-0.39, 0.29) is 19.7 Å². The highest BCUT2D eigenvalue weighted by atomic mass is 19.3. The highest BCUT2D eigenvalue weighted by molar-refractivity contribution is 5.65. The van der Waals surface area contributed by atoms with E-state index in [2.05, 4.69) is 0 Å². The molecule has 3 unspecified atom stereocenters. The number of aliphatic hydroxyl groups excluding tert-OH is 1. The molecule has 3 atom stereocenters. The summed E-state index contributed by atoms with van der Waals surface area (Å²) in [4.78, 5) is 11.5. The lowest BCUT2D eigenvalue weighted by Crippen LogP contribution is -2.33. The number of alkyl halides is 2. The third-order valence-electron chi connectivity index (χ3n) is 2.71. The van der Waals surface area contributed by atoms with Crippen LogP contribution < -0.4 is 0 Å². The smallest absolute Gasteiger partial charge is 0.407 e. The number of carbonyl (C=O) groups is 1. The van der Waals surface area contributed by atoms with Crippen molar-refractivity contribution in [2.75, 3.05) is 19.7 Å². The molecule has 16 heavy (non-hydrogen) atoms. The van der Waals surface area contributed by atoms with Crippen molar-refractivity contribution in [3.05, 3.63) is 0 Å². The molecule has 0 aliphatic carbocycles. The fraction of sp³-hybridized carbons (Fsp3) is 0.889. The number of rotatable bonds is 4. The molecule has 0 spiro atoms. The van der Waals surface area contributed by atoms with Crippen LogP contribution in [0.15, 0.2) is 0 Å². The third kappa shape index (κ3) is 2.79. The van der Waals surface area contributed by atoms with Crippen LogP contribution in [-0.2, 0) is 4.74 Å². The van der Waals surface area contributed by atoms with Gasteiger partial charge in [0.05, 0.1) is 0 Å². The summed E-state index contributed by atoms with van der Waals surface area (Å²) in [6.45, 7) is 1.44. The fourth-order valence-electron chi connectivity index (χ4n) is 1.87. The Hall–Kier alpha value is -0.950. The van der Waals surface area contributed by atoms with E-state index in [1.807, 2.05) is 0 Å². The summed E-state index contributed by atoms with van der Waals surface area (Å²) in [5.41, 5.74) is 0. The minimum Gasteiger partial charge on any atom is -0.465 e. The summed E-state index contributed by atoms with van der Waals surface area (Å²) in [6.07, 6.45) is -5.25. The average Bonchev–Trinajstić information content (AvgIpc) is 2.62. The van der Waals surface area contributed by atoms with Crippen molar-refractivity contribution in [2.24, 2.45) is 11.8 Å². The summed E-state index contributed by atoms with van der Waals surface area (Å²) in [5, 5.41) is 18.2. The molecule has 0 aromatic carbocycles. The molecule has 0 aromatic rings. The average molecular weight is 239 g/mol. The van der Waals surface area contributed by atoms with Gasteiger partial charge in [-0.3, -0.25) is 0 Å². The Balaban J connectivity index is 2.69. The molecule has 2 N–H and O–H groups in total. The van der Waals surface area contributed by atoms with E-state index in [0.717, 1.165) is 4.90 Å². The monoisotopic (exact) mass is 239 g/mol. The van der Waals surface area contributed by atoms with E-state index in [9.17, 15) is 18.7 Å². The molecular formula is C9H15F2NO4. The molecule has 5 nitrogen and oxygen atoms in total. The van der Waals surface area contributed by atoms with Gasteiger partial charge in [0.25, 0.3) is 0 Å². The van der Waals surface area contributed by atoms with E-state index in [1.54, 1.807) is 6.92 Å². The molecule has 1 aliphatic heterocycles. The van der Waals surface area contributed by atoms with E-state index in [1.165, 1.54) is 0 Å². The molecule has 94 valence electrons. The zero-order valence-electron chi connectivity index (χ0n) is 8.84. The third-order valence-corrected chi connectivity index (χ3v) is 2.71. The Morgan fingerprint density at radius 3 is 2.50 bits per heavy atom. The topological polar surface area (TPSA) is 70.0 Å². The van der Waals surface area contributed by atoms with Gasteiger partial charge in [-0.1, -0.05) is 0 Å². The maximum absolute atomic E-state index is 12.6. The van der Waals surface area contributed by atoms with Crippen molar-refractivity contribution in [2.45, 2.75) is 19.6 Å². The zero-order chi connectivity index (χ0) is 12.3. The second-order valence-corrected chi connectivity index (χ2v) is 3.70. The van der Waals surface area contributed by atoms with Crippen LogP contribution >= 0.6 is 0 Å².